The van der Waals surface area contributed by atoms with Crippen molar-refractivity contribution >= 4 is 21.1 Å². The van der Waals surface area contributed by atoms with Gasteiger partial charge in [-0.05, 0) is 24.6 Å². The smallest absolute Gasteiger partial charge is 0.328 e. The monoisotopic (exact) mass is 350 g/mol. The number of sulfonamides is 1. The Labute approximate surface area is 138 Å². The van der Waals surface area contributed by atoms with Crippen LogP contribution in [0.4, 0.5) is 0 Å². The number of aryl methyl sites for hydroxylation is 3. The van der Waals surface area contributed by atoms with Crippen molar-refractivity contribution in [2.45, 2.75) is 24.8 Å². The number of hydrogen-bond acceptors (Lipinski definition) is 5. The molecule has 128 valence electrons. The molecule has 0 atom stereocenters. The zero-order chi connectivity index (χ0) is 17.5. The standard InChI is InChI=1S/C15H18N4O4S/c1-4-10-7-11(23-17-10)9-16-24(21,22)12-5-6-13-14(8-12)19(3)15(20)18(13)2/h5-8,16H,4,9H2,1-3H3. The maximum atomic E-state index is 12.5. The molecule has 1 N–H and O–H groups in total. The summed E-state index contributed by atoms with van der Waals surface area (Å²) in [6.07, 6.45) is 0.717. The summed E-state index contributed by atoms with van der Waals surface area (Å²) in [5.41, 5.74) is 1.79. The lowest BCUT2D eigenvalue weighted by molar-refractivity contribution is 0.375. The van der Waals surface area contributed by atoms with Crippen molar-refractivity contribution in [3.63, 3.8) is 0 Å². The number of hydrogen-bond donors (Lipinski definition) is 1. The maximum Gasteiger partial charge on any atom is 0.328 e. The van der Waals surface area contributed by atoms with Crippen molar-refractivity contribution in [2.24, 2.45) is 14.1 Å². The van der Waals surface area contributed by atoms with Gasteiger partial charge in [-0.1, -0.05) is 12.1 Å². The molecular weight excluding hydrogens is 332 g/mol. The number of nitrogens with one attached hydrogen (secondary N) is 1. The molecule has 24 heavy (non-hydrogen) atoms. The predicted octanol–water partition coefficient (Wildman–Crippen LogP) is 0.906. The highest BCUT2D eigenvalue weighted by Gasteiger charge is 2.18. The fourth-order valence-electron chi connectivity index (χ4n) is 2.51. The zero-order valence-electron chi connectivity index (χ0n) is 13.6. The average molecular weight is 350 g/mol. The summed E-state index contributed by atoms with van der Waals surface area (Å²) in [6.45, 7) is 1.95. The van der Waals surface area contributed by atoms with Gasteiger partial charge in [-0.15, -0.1) is 0 Å². The lowest BCUT2D eigenvalue weighted by Crippen LogP contribution is -2.23. The van der Waals surface area contributed by atoms with Crippen LogP contribution < -0.4 is 10.4 Å². The van der Waals surface area contributed by atoms with Crippen LogP contribution in [0.5, 0.6) is 0 Å². The molecule has 0 bridgehead atoms. The van der Waals surface area contributed by atoms with Gasteiger partial charge < -0.3 is 4.52 Å². The van der Waals surface area contributed by atoms with Crippen molar-refractivity contribution in [2.75, 3.05) is 0 Å². The van der Waals surface area contributed by atoms with Gasteiger partial charge in [0.05, 0.1) is 28.2 Å². The van der Waals surface area contributed by atoms with Gasteiger partial charge in [0.1, 0.15) is 0 Å². The first-order valence-corrected chi connectivity index (χ1v) is 8.91. The third kappa shape index (κ3) is 2.76. The quantitative estimate of drug-likeness (QED) is 0.737. The SMILES string of the molecule is CCc1cc(CNS(=O)(=O)c2ccc3c(c2)n(C)c(=O)n3C)on1. The number of nitrogens with zero attached hydrogens (tertiary/aromatic N) is 3. The Morgan fingerprint density at radius 2 is 1.88 bits per heavy atom. The van der Waals surface area contributed by atoms with Crippen molar-refractivity contribution < 1.29 is 12.9 Å². The van der Waals surface area contributed by atoms with Crippen LogP contribution in [-0.4, -0.2) is 22.7 Å². The van der Waals surface area contributed by atoms with Crippen LogP contribution >= 0.6 is 0 Å². The van der Waals surface area contributed by atoms with Crippen LogP contribution in [0.15, 0.2) is 38.5 Å². The lowest BCUT2D eigenvalue weighted by atomic mass is 10.3. The van der Waals surface area contributed by atoms with E-state index in [1.807, 2.05) is 6.92 Å². The Morgan fingerprint density at radius 3 is 2.54 bits per heavy atom. The van der Waals surface area contributed by atoms with E-state index in [9.17, 15) is 13.2 Å². The molecular formula is C15H18N4O4S. The zero-order valence-corrected chi connectivity index (χ0v) is 14.4. The van der Waals surface area contributed by atoms with Crippen molar-refractivity contribution in [3.05, 3.63) is 46.2 Å². The molecule has 0 saturated carbocycles. The summed E-state index contributed by atoms with van der Waals surface area (Å²) >= 11 is 0. The van der Waals surface area contributed by atoms with E-state index in [4.69, 9.17) is 4.52 Å². The van der Waals surface area contributed by atoms with E-state index in [0.717, 1.165) is 12.1 Å². The first kappa shape index (κ1) is 16.5. The van der Waals surface area contributed by atoms with Gasteiger partial charge in [0.25, 0.3) is 0 Å². The molecule has 0 aliphatic heterocycles. The van der Waals surface area contributed by atoms with Crippen molar-refractivity contribution in [3.8, 4) is 0 Å². The van der Waals surface area contributed by atoms with E-state index in [0.29, 0.717) is 16.8 Å². The number of fused-ring (bicyclic) bond motifs is 1. The van der Waals surface area contributed by atoms with Gasteiger partial charge in [-0.2, -0.15) is 0 Å². The first-order valence-electron chi connectivity index (χ1n) is 7.43. The molecule has 0 aliphatic rings. The largest absolute Gasteiger partial charge is 0.360 e. The fraction of sp³-hybridized carbons (Fsp3) is 0.333. The Balaban J connectivity index is 1.90. The van der Waals surface area contributed by atoms with E-state index in [1.54, 1.807) is 26.2 Å². The first-order chi connectivity index (χ1) is 11.3. The molecule has 2 aromatic heterocycles. The van der Waals surface area contributed by atoms with E-state index < -0.39 is 10.0 Å². The van der Waals surface area contributed by atoms with Crippen LogP contribution in [0, 0.1) is 0 Å². The Hall–Kier alpha value is -2.39. The average Bonchev–Trinajstić information content (AvgIpc) is 3.13. The van der Waals surface area contributed by atoms with Crippen LogP contribution in [0.3, 0.4) is 0 Å². The minimum absolute atomic E-state index is 0.0150. The molecule has 0 spiro atoms. The van der Waals surface area contributed by atoms with Crippen molar-refractivity contribution in [1.29, 1.82) is 0 Å². The molecule has 0 unspecified atom stereocenters. The molecule has 8 nitrogen and oxygen atoms in total. The van der Waals surface area contributed by atoms with Crippen LogP contribution in [0.1, 0.15) is 18.4 Å². The molecule has 0 radical (unpaired) electrons. The topological polar surface area (TPSA) is 99.1 Å². The summed E-state index contributed by atoms with van der Waals surface area (Å²) in [6, 6.07) is 6.29. The predicted molar refractivity (Wildman–Crippen MR) is 88.1 cm³/mol. The van der Waals surface area contributed by atoms with Gasteiger partial charge in [0.15, 0.2) is 5.76 Å². The summed E-state index contributed by atoms with van der Waals surface area (Å²) < 4.78 is 35.4. The van der Waals surface area contributed by atoms with E-state index in [-0.39, 0.29) is 17.1 Å². The Morgan fingerprint density at radius 1 is 1.17 bits per heavy atom. The van der Waals surface area contributed by atoms with Gasteiger partial charge >= 0.3 is 5.69 Å². The third-order valence-electron chi connectivity index (χ3n) is 3.96. The highest BCUT2D eigenvalue weighted by molar-refractivity contribution is 7.89. The lowest BCUT2D eigenvalue weighted by Gasteiger charge is -2.06. The Kier molecular flexibility index (Phi) is 4.06. The Bertz CT molecular complexity index is 1060. The number of rotatable bonds is 5. The second-order valence-electron chi connectivity index (χ2n) is 5.51. The van der Waals surface area contributed by atoms with E-state index in [2.05, 4.69) is 9.88 Å². The molecule has 3 aromatic rings. The molecule has 9 heteroatoms. The molecule has 2 heterocycles. The molecule has 0 amide bonds. The van der Waals surface area contributed by atoms with Gasteiger partial charge in [0, 0.05) is 20.2 Å². The minimum Gasteiger partial charge on any atom is -0.360 e. The van der Waals surface area contributed by atoms with Gasteiger partial charge in [-0.25, -0.2) is 17.9 Å². The normalized spacial score (nSPS) is 12.1. The third-order valence-corrected chi connectivity index (χ3v) is 5.36. The second-order valence-corrected chi connectivity index (χ2v) is 7.28. The summed E-state index contributed by atoms with van der Waals surface area (Å²) in [4.78, 5) is 12.0. The number of aromatic nitrogens is 3. The highest BCUT2D eigenvalue weighted by Crippen LogP contribution is 2.18. The van der Waals surface area contributed by atoms with Crippen LogP contribution in [0.25, 0.3) is 11.0 Å². The molecule has 3 rings (SSSR count). The molecule has 0 saturated heterocycles. The minimum atomic E-state index is -3.73. The highest BCUT2D eigenvalue weighted by atomic mass is 32.2. The van der Waals surface area contributed by atoms with Gasteiger partial charge in [-0.3, -0.25) is 9.13 Å². The maximum absolute atomic E-state index is 12.5. The summed E-state index contributed by atoms with van der Waals surface area (Å²) in [5, 5.41) is 3.82. The number of imidazole rings is 1. The summed E-state index contributed by atoms with van der Waals surface area (Å²) in [7, 11) is -0.479. The molecule has 1 aromatic carbocycles. The van der Waals surface area contributed by atoms with Crippen molar-refractivity contribution in [1.82, 2.24) is 19.0 Å². The van der Waals surface area contributed by atoms with Gasteiger partial charge in [0.2, 0.25) is 10.0 Å². The molecule has 0 aliphatic carbocycles. The molecule has 0 fully saturated rings. The van der Waals surface area contributed by atoms with Crippen LogP contribution in [-0.2, 0) is 37.1 Å². The summed E-state index contributed by atoms with van der Waals surface area (Å²) in [5.74, 6) is 0.448. The van der Waals surface area contributed by atoms with E-state index in [1.165, 1.54) is 21.3 Å². The fourth-order valence-corrected chi connectivity index (χ4v) is 3.52. The van der Waals surface area contributed by atoms with E-state index >= 15 is 0 Å². The number of benzene rings is 1. The van der Waals surface area contributed by atoms with Crippen LogP contribution in [0.2, 0.25) is 0 Å². The second kappa shape index (κ2) is 5.91.